The molecule has 0 bridgehead atoms. The van der Waals surface area contributed by atoms with Gasteiger partial charge in [-0.25, -0.2) is 9.78 Å². The number of fused-ring (bicyclic) bond motifs is 1. The van der Waals surface area contributed by atoms with Gasteiger partial charge in [-0.1, -0.05) is 64.9 Å². The molecule has 4 rings (SSSR count). The first kappa shape index (κ1) is 21.4. The lowest BCUT2D eigenvalue weighted by atomic mass is 10.1. The molecule has 0 unspecified atom stereocenters. The van der Waals surface area contributed by atoms with Crippen molar-refractivity contribution in [2.45, 2.75) is 20.0 Å². The highest BCUT2D eigenvalue weighted by Crippen LogP contribution is 2.39. The van der Waals surface area contributed by atoms with Gasteiger partial charge in [0.25, 0.3) is 5.91 Å². The second kappa shape index (κ2) is 8.70. The summed E-state index contributed by atoms with van der Waals surface area (Å²) in [6.45, 7) is 2.07. The molecule has 0 fully saturated rings. The van der Waals surface area contributed by atoms with E-state index in [0.29, 0.717) is 38.1 Å². The van der Waals surface area contributed by atoms with Crippen molar-refractivity contribution in [2.24, 2.45) is 0 Å². The van der Waals surface area contributed by atoms with Crippen molar-refractivity contribution < 1.29 is 19.4 Å². The highest BCUT2D eigenvalue weighted by atomic mass is 35.5. The topological polar surface area (TPSA) is 88.5 Å². The third kappa shape index (κ3) is 4.44. The van der Waals surface area contributed by atoms with E-state index in [1.165, 1.54) is 12.1 Å². The number of carboxylic acid groups (broad SMARTS) is 1. The highest BCUT2D eigenvalue weighted by Gasteiger charge is 2.25. The first-order chi connectivity index (χ1) is 14.8. The van der Waals surface area contributed by atoms with Crippen LogP contribution in [0, 0.1) is 0 Å². The Morgan fingerprint density at radius 1 is 1.19 bits per heavy atom. The van der Waals surface area contributed by atoms with Crippen LogP contribution in [0.1, 0.15) is 29.3 Å². The number of nitrogens with zero attached hydrogens (tertiary/aromatic N) is 1. The van der Waals surface area contributed by atoms with Crippen molar-refractivity contribution in [1.82, 2.24) is 4.98 Å². The van der Waals surface area contributed by atoms with Crippen molar-refractivity contribution in [3.05, 3.63) is 74.8 Å². The van der Waals surface area contributed by atoms with E-state index < -0.39 is 11.9 Å². The Hall–Kier alpha value is -2.87. The fraction of sp³-hybridized carbons (Fsp3) is 0.136. The molecule has 158 valence electrons. The standard InChI is InChI=1S/C22H16Cl2N2O4S/c1-11-7-14(18(24)17(11)23)20(27)26-22-25-19-15(30-10-12-5-3-2-4-6-12)8-13(21(28)29)9-16(19)31-22/h2-6,8-9H,7,10H2,1H3,(H,28,29)(H,25,26,27). The minimum Gasteiger partial charge on any atom is -0.487 e. The SMILES string of the molecule is CC1=C(Cl)C(Cl)=C(C(=O)Nc2nc3c(OCc4ccccc4)cc(C(=O)O)cc3s2)C1. The summed E-state index contributed by atoms with van der Waals surface area (Å²) in [7, 11) is 0. The summed E-state index contributed by atoms with van der Waals surface area (Å²) >= 11 is 13.4. The fourth-order valence-corrected chi connectivity index (χ4v) is 4.53. The molecule has 1 amide bonds. The average molecular weight is 475 g/mol. The van der Waals surface area contributed by atoms with Gasteiger partial charge in [-0.3, -0.25) is 10.1 Å². The largest absolute Gasteiger partial charge is 0.487 e. The lowest BCUT2D eigenvalue weighted by Crippen LogP contribution is -2.14. The van der Waals surface area contributed by atoms with Gasteiger partial charge in [-0.05, 0) is 30.2 Å². The maximum atomic E-state index is 12.7. The molecule has 1 heterocycles. The number of carboxylic acids is 1. The smallest absolute Gasteiger partial charge is 0.335 e. The number of rotatable bonds is 6. The molecule has 3 aromatic rings. The number of amides is 1. The van der Waals surface area contributed by atoms with E-state index in [4.69, 9.17) is 27.9 Å². The molecule has 0 spiro atoms. The molecule has 9 heteroatoms. The predicted molar refractivity (Wildman–Crippen MR) is 122 cm³/mol. The third-order valence-corrected chi connectivity index (χ3v) is 6.66. The first-order valence-electron chi connectivity index (χ1n) is 9.23. The number of anilines is 1. The van der Waals surface area contributed by atoms with Crippen LogP contribution in [0.15, 0.2) is 63.7 Å². The number of benzene rings is 2. The Morgan fingerprint density at radius 3 is 2.58 bits per heavy atom. The summed E-state index contributed by atoms with van der Waals surface area (Å²) in [5.41, 5.74) is 2.67. The maximum absolute atomic E-state index is 12.7. The molecule has 0 atom stereocenters. The second-order valence-corrected chi connectivity index (χ2v) is 8.72. The maximum Gasteiger partial charge on any atom is 0.335 e. The van der Waals surface area contributed by atoms with Crippen molar-refractivity contribution in [1.29, 1.82) is 0 Å². The number of hydrogen-bond donors (Lipinski definition) is 2. The molecule has 6 nitrogen and oxygen atoms in total. The van der Waals surface area contributed by atoms with Gasteiger partial charge in [-0.15, -0.1) is 0 Å². The Balaban J connectivity index is 1.63. The summed E-state index contributed by atoms with van der Waals surface area (Å²) in [5.74, 6) is -1.15. The Kier molecular flexibility index (Phi) is 6.00. The number of ether oxygens (including phenoxy) is 1. The van der Waals surface area contributed by atoms with Crippen molar-refractivity contribution in [3.63, 3.8) is 0 Å². The summed E-state index contributed by atoms with van der Waals surface area (Å²) in [4.78, 5) is 28.7. The van der Waals surface area contributed by atoms with Crippen LogP contribution in [0.5, 0.6) is 5.75 Å². The van der Waals surface area contributed by atoms with E-state index in [1.807, 2.05) is 37.3 Å². The third-order valence-electron chi connectivity index (χ3n) is 4.71. The summed E-state index contributed by atoms with van der Waals surface area (Å²) in [6, 6.07) is 12.4. The van der Waals surface area contributed by atoms with Crippen LogP contribution in [-0.2, 0) is 11.4 Å². The summed E-state index contributed by atoms with van der Waals surface area (Å²) in [5, 5.41) is 13.1. The molecule has 0 saturated carbocycles. The molecule has 0 aliphatic heterocycles. The van der Waals surface area contributed by atoms with Crippen LogP contribution in [0.3, 0.4) is 0 Å². The van der Waals surface area contributed by atoms with Gasteiger partial charge in [0.1, 0.15) is 17.9 Å². The van der Waals surface area contributed by atoms with Gasteiger partial charge in [0.05, 0.1) is 20.3 Å². The minimum atomic E-state index is -1.08. The van der Waals surface area contributed by atoms with Crippen molar-refractivity contribution in [3.8, 4) is 5.75 Å². The van der Waals surface area contributed by atoms with Crippen molar-refractivity contribution >= 4 is 61.8 Å². The molecular formula is C22H16Cl2N2O4S. The van der Waals surface area contributed by atoms with E-state index in [2.05, 4.69) is 10.3 Å². The van der Waals surface area contributed by atoms with Crippen molar-refractivity contribution in [2.75, 3.05) is 5.32 Å². The van der Waals surface area contributed by atoms with Crippen LogP contribution in [0.25, 0.3) is 10.2 Å². The van der Waals surface area contributed by atoms with Gasteiger partial charge < -0.3 is 9.84 Å². The van der Waals surface area contributed by atoms with Crippen LogP contribution < -0.4 is 10.1 Å². The zero-order valence-electron chi connectivity index (χ0n) is 16.2. The Morgan fingerprint density at radius 2 is 1.94 bits per heavy atom. The van der Waals surface area contributed by atoms with Gasteiger partial charge in [0.2, 0.25) is 0 Å². The van der Waals surface area contributed by atoms with Crippen LogP contribution >= 0.6 is 34.5 Å². The predicted octanol–water partition coefficient (Wildman–Crippen LogP) is 5.92. The zero-order chi connectivity index (χ0) is 22.1. The average Bonchev–Trinajstić information content (AvgIpc) is 3.28. The van der Waals surface area contributed by atoms with E-state index in [0.717, 1.165) is 22.5 Å². The Bertz CT molecular complexity index is 1270. The molecular weight excluding hydrogens is 459 g/mol. The summed E-state index contributed by atoms with van der Waals surface area (Å²) in [6.07, 6.45) is 0.364. The molecule has 1 aromatic heterocycles. The second-order valence-electron chi connectivity index (χ2n) is 6.94. The number of aromatic carboxylic acids is 1. The molecule has 2 N–H and O–H groups in total. The number of allylic oxidation sites excluding steroid dienone is 3. The molecule has 1 aliphatic rings. The molecule has 1 aliphatic carbocycles. The number of carbonyl (C=O) groups is 2. The first-order valence-corrected chi connectivity index (χ1v) is 10.8. The molecule has 31 heavy (non-hydrogen) atoms. The zero-order valence-corrected chi connectivity index (χ0v) is 18.6. The normalized spacial score (nSPS) is 13.8. The van der Waals surface area contributed by atoms with Crippen LogP contribution in [0.4, 0.5) is 5.13 Å². The van der Waals surface area contributed by atoms with Gasteiger partial charge >= 0.3 is 5.97 Å². The fourth-order valence-electron chi connectivity index (χ4n) is 3.11. The van der Waals surface area contributed by atoms with E-state index in [1.54, 1.807) is 0 Å². The number of carbonyl (C=O) groups excluding carboxylic acids is 1. The van der Waals surface area contributed by atoms with Gasteiger partial charge in [-0.2, -0.15) is 0 Å². The highest BCUT2D eigenvalue weighted by molar-refractivity contribution is 7.22. The minimum absolute atomic E-state index is 0.0743. The van der Waals surface area contributed by atoms with E-state index in [-0.39, 0.29) is 17.2 Å². The van der Waals surface area contributed by atoms with Crippen LogP contribution in [0.2, 0.25) is 0 Å². The molecule has 0 saturated heterocycles. The van der Waals surface area contributed by atoms with E-state index >= 15 is 0 Å². The number of hydrogen-bond acceptors (Lipinski definition) is 5. The lowest BCUT2D eigenvalue weighted by molar-refractivity contribution is -0.112. The Labute approximate surface area is 191 Å². The molecule has 2 aromatic carbocycles. The number of nitrogens with one attached hydrogen (secondary N) is 1. The molecule has 0 radical (unpaired) electrons. The van der Waals surface area contributed by atoms with E-state index in [9.17, 15) is 14.7 Å². The lowest BCUT2D eigenvalue weighted by Gasteiger charge is -2.08. The number of halogens is 2. The van der Waals surface area contributed by atoms with Gasteiger partial charge in [0, 0.05) is 12.0 Å². The van der Waals surface area contributed by atoms with Crippen LogP contribution in [-0.4, -0.2) is 22.0 Å². The summed E-state index contributed by atoms with van der Waals surface area (Å²) < 4.78 is 6.45. The number of thiazole rings is 1. The van der Waals surface area contributed by atoms with Gasteiger partial charge in [0.15, 0.2) is 5.13 Å². The quantitative estimate of drug-likeness (QED) is 0.462. The monoisotopic (exact) mass is 474 g/mol. The number of aromatic nitrogens is 1.